The number of anilines is 3. The summed E-state index contributed by atoms with van der Waals surface area (Å²) >= 11 is 1.88. The number of thiophene rings is 1. The zero-order valence-electron chi connectivity index (χ0n) is 29.6. The zero-order chi connectivity index (χ0) is 35.8. The molecule has 0 saturated carbocycles. The number of benzene rings is 9. The molecule has 0 aliphatic rings. The van der Waals surface area contributed by atoms with E-state index < -0.39 is 0 Å². The first kappa shape index (κ1) is 32.0. The summed E-state index contributed by atoms with van der Waals surface area (Å²) in [5.74, 6) is 0. The predicted molar refractivity (Wildman–Crippen MR) is 233 cm³/mol. The van der Waals surface area contributed by atoms with Gasteiger partial charge in [-0.1, -0.05) is 176 Å². The fourth-order valence-corrected chi connectivity index (χ4v) is 9.08. The van der Waals surface area contributed by atoms with Gasteiger partial charge in [0.25, 0.3) is 0 Å². The van der Waals surface area contributed by atoms with Crippen LogP contribution in [0.25, 0.3) is 75.5 Å². The summed E-state index contributed by atoms with van der Waals surface area (Å²) in [6.45, 7) is 0. The molecule has 0 amide bonds. The first-order valence-electron chi connectivity index (χ1n) is 18.4. The Balaban J connectivity index is 1.13. The molecule has 0 saturated heterocycles. The van der Waals surface area contributed by atoms with E-state index in [1.807, 2.05) is 11.3 Å². The SMILES string of the molecule is c1ccc(-c2ccc3c(c2)sc2c(N(c4ccc(-c5ccc6cccc(-c7ccccc7)c6c5)cc4)c4ccccc4-c4ccccc4)cccc23)cc1. The Hall–Kier alpha value is -6.74. The van der Waals surface area contributed by atoms with Gasteiger partial charge in [0, 0.05) is 26.7 Å². The predicted octanol–water partition coefficient (Wildman–Crippen LogP) is 15.3. The van der Waals surface area contributed by atoms with Crippen molar-refractivity contribution >= 4 is 59.3 Å². The van der Waals surface area contributed by atoms with Crippen molar-refractivity contribution in [1.82, 2.24) is 0 Å². The lowest BCUT2D eigenvalue weighted by molar-refractivity contribution is 1.30. The molecule has 1 nitrogen and oxygen atoms in total. The van der Waals surface area contributed by atoms with Crippen LogP contribution in [-0.4, -0.2) is 0 Å². The molecular weight excluding hydrogens is 671 g/mol. The highest BCUT2D eigenvalue weighted by atomic mass is 32.1. The third-order valence-corrected chi connectivity index (χ3v) is 11.7. The van der Waals surface area contributed by atoms with Crippen LogP contribution >= 0.6 is 11.3 Å². The molecule has 0 radical (unpaired) electrons. The van der Waals surface area contributed by atoms with Crippen LogP contribution in [0.5, 0.6) is 0 Å². The van der Waals surface area contributed by atoms with E-state index in [9.17, 15) is 0 Å². The largest absolute Gasteiger partial charge is 0.308 e. The maximum Gasteiger partial charge on any atom is 0.0640 e. The number of fused-ring (bicyclic) bond motifs is 4. The first-order valence-corrected chi connectivity index (χ1v) is 19.2. The molecule has 10 rings (SSSR count). The van der Waals surface area contributed by atoms with Gasteiger partial charge < -0.3 is 4.90 Å². The highest BCUT2D eigenvalue weighted by Gasteiger charge is 2.21. The number of para-hydroxylation sites is 1. The minimum Gasteiger partial charge on any atom is -0.308 e. The minimum atomic E-state index is 1.11. The molecule has 1 aromatic heterocycles. The molecule has 0 aliphatic carbocycles. The van der Waals surface area contributed by atoms with E-state index in [4.69, 9.17) is 0 Å². The number of nitrogens with zero attached hydrogens (tertiary/aromatic N) is 1. The topological polar surface area (TPSA) is 3.24 Å². The van der Waals surface area contributed by atoms with Crippen molar-refractivity contribution in [1.29, 1.82) is 0 Å². The van der Waals surface area contributed by atoms with Gasteiger partial charge in [-0.25, -0.2) is 0 Å². The molecule has 0 N–H and O–H groups in total. The van der Waals surface area contributed by atoms with Crippen LogP contribution in [0.4, 0.5) is 17.1 Å². The molecule has 0 spiro atoms. The van der Waals surface area contributed by atoms with E-state index in [2.05, 4.69) is 217 Å². The van der Waals surface area contributed by atoms with Gasteiger partial charge in [0.05, 0.1) is 16.1 Å². The monoisotopic (exact) mass is 705 g/mol. The van der Waals surface area contributed by atoms with Crippen LogP contribution in [0.2, 0.25) is 0 Å². The third kappa shape index (κ3) is 5.74. The standard InChI is InChI=1S/C52H35NS/c1-4-14-36(15-5-1)42-30-33-46-47-23-13-25-50(52(47)54-51(46)35-42)53(49-24-11-10-21-45(49)39-18-8-3-9-19-39)43-31-28-37(29-32-43)41-27-26-40-20-12-22-44(48(40)34-41)38-16-6-2-7-17-38/h1-35H. The van der Waals surface area contributed by atoms with Crippen LogP contribution in [0.15, 0.2) is 212 Å². The second kappa shape index (κ2) is 13.7. The molecule has 254 valence electrons. The van der Waals surface area contributed by atoms with Gasteiger partial charge in [-0.05, 0) is 86.1 Å². The summed E-state index contributed by atoms with van der Waals surface area (Å²) in [6.07, 6.45) is 0. The lowest BCUT2D eigenvalue weighted by Gasteiger charge is -2.28. The van der Waals surface area contributed by atoms with Crippen molar-refractivity contribution in [2.45, 2.75) is 0 Å². The molecule has 1 heterocycles. The third-order valence-electron chi connectivity index (χ3n) is 10.5. The lowest BCUT2D eigenvalue weighted by atomic mass is 9.94. The van der Waals surface area contributed by atoms with E-state index in [-0.39, 0.29) is 0 Å². The maximum absolute atomic E-state index is 2.45. The van der Waals surface area contributed by atoms with Gasteiger partial charge in [-0.15, -0.1) is 11.3 Å². The quantitative estimate of drug-likeness (QED) is 0.160. The molecule has 9 aromatic carbocycles. The molecule has 0 fully saturated rings. The summed E-state index contributed by atoms with van der Waals surface area (Å²) < 4.78 is 2.56. The maximum atomic E-state index is 2.45. The summed E-state index contributed by atoms with van der Waals surface area (Å²) in [5, 5.41) is 5.06. The Bertz CT molecular complexity index is 2910. The summed E-state index contributed by atoms with van der Waals surface area (Å²) in [4.78, 5) is 2.45. The van der Waals surface area contributed by atoms with Crippen molar-refractivity contribution in [3.05, 3.63) is 212 Å². The van der Waals surface area contributed by atoms with E-state index in [0.717, 1.165) is 11.4 Å². The Morgan fingerprint density at radius 1 is 0.315 bits per heavy atom. The van der Waals surface area contributed by atoms with Crippen molar-refractivity contribution in [2.24, 2.45) is 0 Å². The number of hydrogen-bond acceptors (Lipinski definition) is 2. The lowest BCUT2D eigenvalue weighted by Crippen LogP contribution is -2.11. The Labute approximate surface area is 319 Å². The van der Waals surface area contributed by atoms with Crippen LogP contribution in [0.1, 0.15) is 0 Å². The molecule has 0 unspecified atom stereocenters. The van der Waals surface area contributed by atoms with E-state index in [1.54, 1.807) is 0 Å². The van der Waals surface area contributed by atoms with Gasteiger partial charge in [-0.3, -0.25) is 0 Å². The Morgan fingerprint density at radius 3 is 1.63 bits per heavy atom. The summed E-state index contributed by atoms with van der Waals surface area (Å²) in [5.41, 5.74) is 13.2. The van der Waals surface area contributed by atoms with Crippen LogP contribution < -0.4 is 4.90 Å². The molecule has 2 heteroatoms. The van der Waals surface area contributed by atoms with Crippen molar-refractivity contribution in [2.75, 3.05) is 4.90 Å². The minimum absolute atomic E-state index is 1.11. The number of rotatable bonds is 7. The van der Waals surface area contributed by atoms with Crippen LogP contribution in [0, 0.1) is 0 Å². The second-order valence-electron chi connectivity index (χ2n) is 13.7. The Kier molecular flexibility index (Phi) is 8.09. The van der Waals surface area contributed by atoms with E-state index >= 15 is 0 Å². The smallest absolute Gasteiger partial charge is 0.0640 e. The van der Waals surface area contributed by atoms with Gasteiger partial charge >= 0.3 is 0 Å². The zero-order valence-corrected chi connectivity index (χ0v) is 30.4. The fraction of sp³-hybridized carbons (Fsp3) is 0. The summed E-state index contributed by atoms with van der Waals surface area (Å²) in [7, 11) is 0. The van der Waals surface area contributed by atoms with Gasteiger partial charge in [0.2, 0.25) is 0 Å². The number of hydrogen-bond donors (Lipinski definition) is 0. The molecule has 10 aromatic rings. The molecule has 0 bridgehead atoms. The van der Waals surface area contributed by atoms with E-state index in [1.165, 1.54) is 81.1 Å². The second-order valence-corrected chi connectivity index (χ2v) is 14.8. The van der Waals surface area contributed by atoms with Crippen LogP contribution in [-0.2, 0) is 0 Å². The van der Waals surface area contributed by atoms with E-state index in [0.29, 0.717) is 0 Å². The average Bonchev–Trinajstić information content (AvgIpc) is 3.63. The fourth-order valence-electron chi connectivity index (χ4n) is 7.83. The normalized spacial score (nSPS) is 11.3. The van der Waals surface area contributed by atoms with Crippen molar-refractivity contribution < 1.29 is 0 Å². The summed E-state index contributed by atoms with van der Waals surface area (Å²) in [6, 6.07) is 77.1. The van der Waals surface area contributed by atoms with Crippen molar-refractivity contribution in [3.63, 3.8) is 0 Å². The molecule has 0 aliphatic heterocycles. The Morgan fingerprint density at radius 2 is 0.870 bits per heavy atom. The molecule has 54 heavy (non-hydrogen) atoms. The van der Waals surface area contributed by atoms with Gasteiger partial charge in [-0.2, -0.15) is 0 Å². The molecular formula is C52H35NS. The van der Waals surface area contributed by atoms with Crippen LogP contribution in [0.3, 0.4) is 0 Å². The average molecular weight is 706 g/mol. The van der Waals surface area contributed by atoms with Gasteiger partial charge in [0.1, 0.15) is 0 Å². The molecule has 0 atom stereocenters. The van der Waals surface area contributed by atoms with Crippen molar-refractivity contribution in [3.8, 4) is 44.5 Å². The highest BCUT2D eigenvalue weighted by molar-refractivity contribution is 7.26. The van der Waals surface area contributed by atoms with Gasteiger partial charge in [0.15, 0.2) is 0 Å². The first-order chi connectivity index (χ1) is 26.8. The highest BCUT2D eigenvalue weighted by Crippen LogP contribution is 2.48.